The predicted molar refractivity (Wildman–Crippen MR) is 90.5 cm³/mol. The summed E-state index contributed by atoms with van der Waals surface area (Å²) in [6.07, 6.45) is 16.0. The Balaban J connectivity index is 2.01. The average Bonchev–Trinajstić information content (AvgIpc) is 2.57. The van der Waals surface area contributed by atoms with E-state index in [4.69, 9.17) is 4.74 Å². The number of allylic oxidation sites excluding steroid dienone is 2. The Morgan fingerprint density at radius 3 is 2.09 bits per heavy atom. The van der Waals surface area contributed by atoms with Gasteiger partial charge in [0.25, 0.3) is 0 Å². The van der Waals surface area contributed by atoms with E-state index in [1.807, 2.05) is 0 Å². The summed E-state index contributed by atoms with van der Waals surface area (Å²) in [5.41, 5.74) is 2.03. The Labute approximate surface area is 135 Å². The van der Waals surface area contributed by atoms with E-state index >= 15 is 0 Å². The summed E-state index contributed by atoms with van der Waals surface area (Å²) < 4.78 is 5.46. The first-order valence-corrected chi connectivity index (χ1v) is 9.16. The van der Waals surface area contributed by atoms with Gasteiger partial charge in [-0.15, -0.1) is 0 Å². The van der Waals surface area contributed by atoms with Crippen molar-refractivity contribution in [3.8, 4) is 0 Å². The fourth-order valence-corrected chi connectivity index (χ4v) is 3.38. The molecule has 1 N–H and O–H groups in total. The van der Waals surface area contributed by atoms with Gasteiger partial charge in [0.1, 0.15) is 5.71 Å². The third-order valence-electron chi connectivity index (χ3n) is 4.72. The highest BCUT2D eigenvalue weighted by molar-refractivity contribution is 5.99. The molecule has 1 aliphatic heterocycles. The largest absolute Gasteiger partial charge is 0.411 e. The van der Waals surface area contributed by atoms with Gasteiger partial charge in [-0.2, -0.15) is 0 Å². The molecule has 0 amide bonds. The van der Waals surface area contributed by atoms with E-state index in [0.29, 0.717) is 0 Å². The molecule has 0 aromatic heterocycles. The highest BCUT2D eigenvalue weighted by Crippen LogP contribution is 2.19. The molecule has 22 heavy (non-hydrogen) atoms. The zero-order valence-corrected chi connectivity index (χ0v) is 13.9. The fraction of sp³-hybridized carbons (Fsp3) is 0.833. The lowest BCUT2D eigenvalue weighted by molar-refractivity contribution is 0.0560. The molecule has 0 aromatic rings. The summed E-state index contributed by atoms with van der Waals surface area (Å²) in [6, 6.07) is 0. The number of rotatable bonds is 1. The number of hydrogen-bond donors (Lipinski definition) is 1. The number of oxime groups is 1. The van der Waals surface area contributed by atoms with Crippen LogP contribution >= 0.6 is 0 Å². The van der Waals surface area contributed by atoms with E-state index in [-0.39, 0.29) is 0 Å². The molecular weight excluding hydrogens is 276 g/mol. The van der Waals surface area contributed by atoms with Crippen molar-refractivity contribution in [1.82, 2.24) is 4.90 Å². The zero-order valence-electron chi connectivity index (χ0n) is 13.9. The topological polar surface area (TPSA) is 45.1 Å². The minimum Gasteiger partial charge on any atom is -0.411 e. The summed E-state index contributed by atoms with van der Waals surface area (Å²) in [4.78, 5) is 2.34. The lowest BCUT2D eigenvalue weighted by Gasteiger charge is -2.31. The Bertz CT molecular complexity index is 360. The maximum absolute atomic E-state index is 9.49. The van der Waals surface area contributed by atoms with Crippen molar-refractivity contribution >= 4 is 5.71 Å². The van der Waals surface area contributed by atoms with Crippen molar-refractivity contribution in [2.45, 2.75) is 70.6 Å². The molecule has 0 radical (unpaired) electrons. The molecule has 2 rings (SSSR count). The number of hydrogen-bond acceptors (Lipinski definition) is 4. The van der Waals surface area contributed by atoms with Crippen molar-refractivity contribution in [1.29, 1.82) is 0 Å². The molecule has 0 bridgehead atoms. The van der Waals surface area contributed by atoms with Crippen LogP contribution in [-0.4, -0.2) is 42.1 Å². The molecule has 4 heteroatoms. The van der Waals surface area contributed by atoms with E-state index in [1.165, 1.54) is 51.4 Å². The molecule has 1 aliphatic carbocycles. The van der Waals surface area contributed by atoms with Gasteiger partial charge in [-0.05, 0) is 25.7 Å². The molecular formula is C18H32N2O2. The lowest BCUT2D eigenvalue weighted by atomic mass is 10.0. The predicted octanol–water partition coefficient (Wildman–Crippen LogP) is 4.34. The first kappa shape index (κ1) is 17.3. The molecule has 0 saturated carbocycles. The van der Waals surface area contributed by atoms with Crippen LogP contribution in [-0.2, 0) is 4.74 Å². The van der Waals surface area contributed by atoms with Crippen LogP contribution in [0.25, 0.3) is 0 Å². The van der Waals surface area contributed by atoms with E-state index in [9.17, 15) is 5.21 Å². The summed E-state index contributed by atoms with van der Waals surface area (Å²) in [7, 11) is 0. The van der Waals surface area contributed by atoms with Gasteiger partial charge < -0.3 is 14.8 Å². The maximum Gasteiger partial charge on any atom is 0.102 e. The summed E-state index contributed by atoms with van der Waals surface area (Å²) in [6.45, 7) is 3.36. The van der Waals surface area contributed by atoms with Crippen LogP contribution < -0.4 is 0 Å². The molecule has 126 valence electrons. The van der Waals surface area contributed by atoms with Crippen LogP contribution in [0.5, 0.6) is 0 Å². The monoisotopic (exact) mass is 308 g/mol. The number of morpholine rings is 1. The second kappa shape index (κ2) is 10.7. The van der Waals surface area contributed by atoms with Crippen LogP contribution in [0.4, 0.5) is 0 Å². The third-order valence-corrected chi connectivity index (χ3v) is 4.72. The zero-order chi connectivity index (χ0) is 15.5. The molecule has 1 heterocycles. The lowest BCUT2D eigenvalue weighted by Crippen LogP contribution is -2.38. The van der Waals surface area contributed by atoms with Gasteiger partial charge in [0.15, 0.2) is 0 Å². The summed E-state index contributed by atoms with van der Waals surface area (Å²) in [5.74, 6) is 0. The van der Waals surface area contributed by atoms with Gasteiger partial charge in [-0.3, -0.25) is 0 Å². The van der Waals surface area contributed by atoms with Crippen LogP contribution in [0.2, 0.25) is 0 Å². The first-order valence-electron chi connectivity index (χ1n) is 9.16. The average molecular weight is 308 g/mol. The quantitative estimate of drug-likeness (QED) is 0.579. The van der Waals surface area contributed by atoms with Gasteiger partial charge in [-0.25, -0.2) is 0 Å². The number of ether oxygens (including phenoxy) is 1. The van der Waals surface area contributed by atoms with Gasteiger partial charge >= 0.3 is 0 Å². The van der Waals surface area contributed by atoms with Crippen molar-refractivity contribution in [3.05, 3.63) is 11.8 Å². The van der Waals surface area contributed by atoms with Gasteiger partial charge in [0.2, 0.25) is 0 Å². The van der Waals surface area contributed by atoms with Crippen LogP contribution in [0.1, 0.15) is 70.6 Å². The van der Waals surface area contributed by atoms with Crippen molar-refractivity contribution in [2.24, 2.45) is 5.16 Å². The van der Waals surface area contributed by atoms with Gasteiger partial charge in [-0.1, -0.05) is 56.2 Å². The Hall–Kier alpha value is -1.03. The summed E-state index contributed by atoms with van der Waals surface area (Å²) >= 11 is 0. The van der Waals surface area contributed by atoms with Gasteiger partial charge in [0.05, 0.1) is 18.9 Å². The van der Waals surface area contributed by atoms with Crippen LogP contribution in [0.15, 0.2) is 16.9 Å². The molecule has 1 saturated heterocycles. The van der Waals surface area contributed by atoms with E-state index < -0.39 is 0 Å². The molecule has 2 aliphatic rings. The molecule has 0 spiro atoms. The molecule has 0 unspecified atom stereocenters. The van der Waals surface area contributed by atoms with E-state index in [2.05, 4.69) is 16.1 Å². The second-order valence-electron chi connectivity index (χ2n) is 6.46. The molecule has 0 atom stereocenters. The minimum absolute atomic E-state index is 0.774. The highest BCUT2D eigenvalue weighted by atomic mass is 16.5. The van der Waals surface area contributed by atoms with E-state index in [0.717, 1.165) is 57.0 Å². The maximum atomic E-state index is 9.49. The Morgan fingerprint density at radius 1 is 0.864 bits per heavy atom. The normalized spacial score (nSPS) is 27.9. The van der Waals surface area contributed by atoms with Crippen molar-refractivity contribution < 1.29 is 9.94 Å². The van der Waals surface area contributed by atoms with Crippen molar-refractivity contribution in [3.63, 3.8) is 0 Å². The van der Waals surface area contributed by atoms with Crippen LogP contribution in [0.3, 0.4) is 0 Å². The van der Waals surface area contributed by atoms with Crippen molar-refractivity contribution in [2.75, 3.05) is 26.3 Å². The van der Waals surface area contributed by atoms with Gasteiger partial charge in [0, 0.05) is 13.1 Å². The smallest absolute Gasteiger partial charge is 0.102 e. The Morgan fingerprint density at radius 2 is 1.45 bits per heavy atom. The fourth-order valence-electron chi connectivity index (χ4n) is 3.38. The van der Waals surface area contributed by atoms with E-state index in [1.54, 1.807) is 0 Å². The standard InChI is InChI=1S/C18H32N2O2/c21-19-17-11-9-7-5-3-1-2-4-6-8-10-12-18(17)20-13-15-22-16-14-20/h12,21H,1-11,13-16H2/b18-12-,19-17+. The highest BCUT2D eigenvalue weighted by Gasteiger charge is 2.18. The van der Waals surface area contributed by atoms with Crippen LogP contribution in [0, 0.1) is 0 Å². The summed E-state index contributed by atoms with van der Waals surface area (Å²) in [5, 5.41) is 13.1. The molecule has 4 nitrogen and oxygen atoms in total. The Kier molecular flexibility index (Phi) is 8.39. The molecule has 0 aromatic carbocycles. The number of nitrogens with zero attached hydrogens (tertiary/aromatic N) is 2. The third kappa shape index (κ3) is 5.99. The minimum atomic E-state index is 0.774. The first-order chi connectivity index (χ1) is 10.9. The molecule has 1 fully saturated rings. The second-order valence-corrected chi connectivity index (χ2v) is 6.46. The SMILES string of the molecule is O/N=C1CCCCCCCCCCC\C=C\1N1CCOCC1.